The molecular weight excluding hydrogens is 262 g/mol. The predicted molar refractivity (Wildman–Crippen MR) is 88.7 cm³/mol. The van der Waals surface area contributed by atoms with E-state index in [1.54, 1.807) is 0 Å². The van der Waals surface area contributed by atoms with Crippen molar-refractivity contribution in [3.05, 3.63) is 34.9 Å². The fourth-order valence-electron chi connectivity index (χ4n) is 2.39. The summed E-state index contributed by atoms with van der Waals surface area (Å²) in [7, 11) is 0. The Kier molecular flexibility index (Phi) is 8.58. The smallest absolute Gasteiger partial charge is 0.172 e. The van der Waals surface area contributed by atoms with Crippen LogP contribution in [0.3, 0.4) is 0 Å². The number of ether oxygens (including phenoxy) is 2. The van der Waals surface area contributed by atoms with Gasteiger partial charge >= 0.3 is 0 Å². The second-order valence-electron chi connectivity index (χ2n) is 5.46. The highest BCUT2D eigenvalue weighted by Gasteiger charge is 2.22. The van der Waals surface area contributed by atoms with E-state index in [9.17, 15) is 0 Å². The van der Waals surface area contributed by atoms with E-state index in [-0.39, 0.29) is 12.3 Å². The number of nitrogens with one attached hydrogen (secondary N) is 1. The van der Waals surface area contributed by atoms with Gasteiger partial charge in [0.1, 0.15) is 0 Å². The second-order valence-corrected chi connectivity index (χ2v) is 5.46. The highest BCUT2D eigenvalue weighted by atomic mass is 16.7. The molecule has 1 N–H and O–H groups in total. The van der Waals surface area contributed by atoms with Crippen LogP contribution < -0.4 is 5.32 Å². The van der Waals surface area contributed by atoms with Crippen molar-refractivity contribution < 1.29 is 9.47 Å². The molecule has 0 saturated heterocycles. The van der Waals surface area contributed by atoms with Gasteiger partial charge in [0.05, 0.1) is 6.04 Å². The highest BCUT2D eigenvalue weighted by molar-refractivity contribution is 5.30. The van der Waals surface area contributed by atoms with Crippen LogP contribution in [-0.4, -0.2) is 32.1 Å². The lowest BCUT2D eigenvalue weighted by Crippen LogP contribution is -2.45. The predicted octanol–water partition coefficient (Wildman–Crippen LogP) is 3.61. The minimum absolute atomic E-state index is 0.187. The van der Waals surface area contributed by atoms with Gasteiger partial charge in [-0.3, -0.25) is 0 Å². The van der Waals surface area contributed by atoms with Gasteiger partial charge in [-0.05, 0) is 63.8 Å². The Labute approximate surface area is 130 Å². The SMILES string of the molecule is CCCNC(Cc1ccc(C)c(C)c1)C(OCC)OCC. The summed E-state index contributed by atoms with van der Waals surface area (Å²) in [4.78, 5) is 0. The molecule has 1 unspecified atom stereocenters. The summed E-state index contributed by atoms with van der Waals surface area (Å²) in [6.45, 7) is 12.8. The van der Waals surface area contributed by atoms with E-state index in [0.29, 0.717) is 13.2 Å². The zero-order valence-corrected chi connectivity index (χ0v) is 14.2. The van der Waals surface area contributed by atoms with Gasteiger partial charge < -0.3 is 14.8 Å². The minimum Gasteiger partial charge on any atom is -0.351 e. The second kappa shape index (κ2) is 9.93. The monoisotopic (exact) mass is 293 g/mol. The molecule has 1 aromatic carbocycles. The zero-order chi connectivity index (χ0) is 15.7. The molecule has 0 fully saturated rings. The van der Waals surface area contributed by atoms with Crippen molar-refractivity contribution >= 4 is 0 Å². The minimum atomic E-state index is -0.187. The van der Waals surface area contributed by atoms with E-state index in [1.807, 2.05) is 13.8 Å². The third-order valence-corrected chi connectivity index (χ3v) is 3.67. The average Bonchev–Trinajstić information content (AvgIpc) is 2.47. The lowest BCUT2D eigenvalue weighted by atomic mass is 10.0. The standard InChI is InChI=1S/C18H31NO2/c1-6-11-19-17(18(20-7-2)21-8-3)13-16-10-9-14(4)15(5)12-16/h9-10,12,17-19H,6-8,11,13H2,1-5H3. The molecule has 1 aromatic rings. The number of benzene rings is 1. The number of aryl methyl sites for hydroxylation is 2. The maximum absolute atomic E-state index is 5.78. The van der Waals surface area contributed by atoms with Gasteiger partial charge in [0.15, 0.2) is 6.29 Å². The largest absolute Gasteiger partial charge is 0.351 e. The molecule has 0 spiro atoms. The van der Waals surface area contributed by atoms with E-state index in [4.69, 9.17) is 9.47 Å². The van der Waals surface area contributed by atoms with Gasteiger partial charge in [-0.2, -0.15) is 0 Å². The fraction of sp³-hybridized carbons (Fsp3) is 0.667. The van der Waals surface area contributed by atoms with Crippen LogP contribution in [0.5, 0.6) is 0 Å². The molecule has 0 aliphatic rings. The summed E-state index contributed by atoms with van der Waals surface area (Å²) in [6.07, 6.45) is 1.84. The number of hydrogen-bond donors (Lipinski definition) is 1. The maximum atomic E-state index is 5.78. The summed E-state index contributed by atoms with van der Waals surface area (Å²) in [5, 5.41) is 3.57. The van der Waals surface area contributed by atoms with E-state index in [0.717, 1.165) is 19.4 Å². The summed E-state index contributed by atoms with van der Waals surface area (Å²) in [6, 6.07) is 6.85. The zero-order valence-electron chi connectivity index (χ0n) is 14.2. The third kappa shape index (κ3) is 6.16. The van der Waals surface area contributed by atoms with E-state index in [2.05, 4.69) is 44.3 Å². The van der Waals surface area contributed by atoms with Crippen LogP contribution in [0.25, 0.3) is 0 Å². The fourth-order valence-corrected chi connectivity index (χ4v) is 2.39. The van der Waals surface area contributed by atoms with Crippen LogP contribution in [0, 0.1) is 13.8 Å². The molecule has 120 valence electrons. The molecule has 3 nitrogen and oxygen atoms in total. The van der Waals surface area contributed by atoms with Gasteiger partial charge in [0, 0.05) is 13.2 Å². The van der Waals surface area contributed by atoms with Crippen LogP contribution in [-0.2, 0) is 15.9 Å². The number of hydrogen-bond acceptors (Lipinski definition) is 3. The maximum Gasteiger partial charge on any atom is 0.172 e. The average molecular weight is 293 g/mol. The van der Waals surface area contributed by atoms with Crippen molar-refractivity contribution in [2.75, 3.05) is 19.8 Å². The van der Waals surface area contributed by atoms with Crippen LogP contribution >= 0.6 is 0 Å². The van der Waals surface area contributed by atoms with Gasteiger partial charge in [0.2, 0.25) is 0 Å². The highest BCUT2D eigenvalue weighted by Crippen LogP contribution is 2.14. The number of rotatable bonds is 10. The topological polar surface area (TPSA) is 30.5 Å². The molecule has 3 heteroatoms. The molecule has 0 amide bonds. The molecule has 0 aliphatic heterocycles. The molecule has 0 saturated carbocycles. The Balaban J connectivity index is 2.81. The van der Waals surface area contributed by atoms with Gasteiger partial charge in [-0.15, -0.1) is 0 Å². The first-order valence-electron chi connectivity index (χ1n) is 8.15. The molecule has 0 radical (unpaired) electrons. The Morgan fingerprint density at radius 3 is 2.19 bits per heavy atom. The lowest BCUT2D eigenvalue weighted by molar-refractivity contribution is -0.153. The summed E-state index contributed by atoms with van der Waals surface area (Å²) >= 11 is 0. The summed E-state index contributed by atoms with van der Waals surface area (Å²) in [5.74, 6) is 0. The van der Waals surface area contributed by atoms with Crippen molar-refractivity contribution in [3.63, 3.8) is 0 Å². The van der Waals surface area contributed by atoms with Gasteiger partial charge in [-0.25, -0.2) is 0 Å². The van der Waals surface area contributed by atoms with Gasteiger partial charge in [-0.1, -0.05) is 25.1 Å². The first kappa shape index (κ1) is 18.1. The Morgan fingerprint density at radius 2 is 1.67 bits per heavy atom. The van der Waals surface area contributed by atoms with Gasteiger partial charge in [0.25, 0.3) is 0 Å². The quantitative estimate of drug-likeness (QED) is 0.668. The Morgan fingerprint density at radius 1 is 1.00 bits per heavy atom. The summed E-state index contributed by atoms with van der Waals surface area (Å²) < 4.78 is 11.6. The molecule has 0 aromatic heterocycles. The Hall–Kier alpha value is -0.900. The molecule has 21 heavy (non-hydrogen) atoms. The normalized spacial score (nSPS) is 12.9. The van der Waals surface area contributed by atoms with E-state index < -0.39 is 0 Å². The van der Waals surface area contributed by atoms with E-state index in [1.165, 1.54) is 16.7 Å². The van der Waals surface area contributed by atoms with Crippen molar-refractivity contribution in [2.45, 2.75) is 59.8 Å². The first-order chi connectivity index (χ1) is 10.1. The third-order valence-electron chi connectivity index (χ3n) is 3.67. The van der Waals surface area contributed by atoms with Crippen LogP contribution in [0.1, 0.15) is 43.9 Å². The molecule has 1 rings (SSSR count). The van der Waals surface area contributed by atoms with E-state index >= 15 is 0 Å². The van der Waals surface area contributed by atoms with Crippen molar-refractivity contribution in [2.24, 2.45) is 0 Å². The van der Waals surface area contributed by atoms with Crippen molar-refractivity contribution in [1.29, 1.82) is 0 Å². The molecule has 0 heterocycles. The lowest BCUT2D eigenvalue weighted by Gasteiger charge is -2.28. The van der Waals surface area contributed by atoms with Crippen molar-refractivity contribution in [1.82, 2.24) is 5.32 Å². The van der Waals surface area contributed by atoms with Crippen LogP contribution in [0.4, 0.5) is 0 Å². The van der Waals surface area contributed by atoms with Crippen LogP contribution in [0.2, 0.25) is 0 Å². The molecule has 0 bridgehead atoms. The molecule has 0 aliphatic carbocycles. The molecular formula is C18H31NO2. The van der Waals surface area contributed by atoms with Crippen LogP contribution in [0.15, 0.2) is 18.2 Å². The molecule has 1 atom stereocenters. The van der Waals surface area contributed by atoms with Crippen molar-refractivity contribution in [3.8, 4) is 0 Å². The Bertz CT molecular complexity index is 400. The first-order valence-corrected chi connectivity index (χ1v) is 8.15. The summed E-state index contributed by atoms with van der Waals surface area (Å²) in [5.41, 5.74) is 4.00.